The number of carbonyl (C=O) groups excluding carboxylic acids is 2. The van der Waals surface area contributed by atoms with Gasteiger partial charge in [0.2, 0.25) is 5.91 Å². The van der Waals surface area contributed by atoms with Crippen LogP contribution in [-0.4, -0.2) is 18.0 Å². The number of urea groups is 1. The van der Waals surface area contributed by atoms with Crippen molar-refractivity contribution in [2.75, 3.05) is 10.6 Å². The molecule has 3 amide bonds. The number of rotatable bonds is 5. The van der Waals surface area contributed by atoms with Gasteiger partial charge >= 0.3 is 6.03 Å². The van der Waals surface area contributed by atoms with E-state index in [1.165, 1.54) is 0 Å². The summed E-state index contributed by atoms with van der Waals surface area (Å²) < 4.78 is 0. The zero-order valence-corrected chi connectivity index (χ0v) is 14.8. The van der Waals surface area contributed by atoms with Crippen molar-refractivity contribution >= 4 is 46.5 Å². The summed E-state index contributed by atoms with van der Waals surface area (Å²) in [6, 6.07) is 12.0. The molecular formula is C18H17Cl2N3O2. The van der Waals surface area contributed by atoms with Crippen LogP contribution in [0, 0.1) is 0 Å². The average Bonchev–Trinajstić information content (AvgIpc) is 3.36. The third kappa shape index (κ3) is 5.37. The number of nitrogens with one attached hydrogen (secondary N) is 3. The fraction of sp³-hybridized carbons (Fsp3) is 0.222. The van der Waals surface area contributed by atoms with Crippen molar-refractivity contribution in [1.29, 1.82) is 0 Å². The van der Waals surface area contributed by atoms with E-state index in [-0.39, 0.29) is 5.91 Å². The van der Waals surface area contributed by atoms with Crippen LogP contribution in [0.25, 0.3) is 0 Å². The van der Waals surface area contributed by atoms with Gasteiger partial charge in [-0.15, -0.1) is 0 Å². The molecule has 0 aromatic heterocycles. The van der Waals surface area contributed by atoms with Crippen LogP contribution in [0.5, 0.6) is 0 Å². The molecule has 0 saturated heterocycles. The van der Waals surface area contributed by atoms with Crippen LogP contribution >= 0.6 is 23.2 Å². The lowest BCUT2D eigenvalue weighted by atomic mass is 10.1. The molecule has 0 radical (unpaired) electrons. The van der Waals surface area contributed by atoms with Crippen LogP contribution in [0.4, 0.5) is 16.2 Å². The highest BCUT2D eigenvalue weighted by atomic mass is 35.5. The van der Waals surface area contributed by atoms with E-state index in [2.05, 4.69) is 16.0 Å². The molecule has 1 saturated carbocycles. The Labute approximate surface area is 155 Å². The van der Waals surface area contributed by atoms with Gasteiger partial charge < -0.3 is 16.0 Å². The smallest absolute Gasteiger partial charge is 0.323 e. The molecule has 3 N–H and O–H groups in total. The van der Waals surface area contributed by atoms with Crippen LogP contribution in [-0.2, 0) is 11.2 Å². The summed E-state index contributed by atoms with van der Waals surface area (Å²) in [6.07, 6.45) is 2.48. The molecule has 0 unspecified atom stereocenters. The van der Waals surface area contributed by atoms with Crippen LogP contribution in [0.3, 0.4) is 0 Å². The van der Waals surface area contributed by atoms with Gasteiger partial charge in [-0.2, -0.15) is 0 Å². The maximum Gasteiger partial charge on any atom is 0.323 e. The molecule has 3 rings (SSSR count). The molecule has 0 atom stereocenters. The molecule has 5 nitrogen and oxygen atoms in total. The second-order valence-corrected chi connectivity index (χ2v) is 6.74. The van der Waals surface area contributed by atoms with Crippen LogP contribution in [0.15, 0.2) is 42.5 Å². The van der Waals surface area contributed by atoms with Gasteiger partial charge in [0.25, 0.3) is 0 Å². The zero-order valence-electron chi connectivity index (χ0n) is 13.3. The summed E-state index contributed by atoms with van der Waals surface area (Å²) in [6.45, 7) is 0. The molecule has 0 spiro atoms. The average molecular weight is 378 g/mol. The molecule has 0 bridgehead atoms. The summed E-state index contributed by atoms with van der Waals surface area (Å²) in [7, 11) is 0. The minimum atomic E-state index is -0.391. The number of hydrogen-bond donors (Lipinski definition) is 3. The second kappa shape index (κ2) is 7.76. The van der Waals surface area contributed by atoms with E-state index in [0.717, 1.165) is 18.4 Å². The van der Waals surface area contributed by atoms with E-state index in [1.54, 1.807) is 30.3 Å². The lowest BCUT2D eigenvalue weighted by molar-refractivity contribution is -0.120. The highest BCUT2D eigenvalue weighted by molar-refractivity contribution is 6.42. The molecule has 25 heavy (non-hydrogen) atoms. The topological polar surface area (TPSA) is 70.2 Å². The van der Waals surface area contributed by atoms with Gasteiger partial charge in [-0.05, 0) is 48.7 Å². The molecule has 1 aliphatic carbocycles. The number of halogens is 2. The lowest BCUT2D eigenvalue weighted by Gasteiger charge is -2.09. The maximum atomic E-state index is 12.0. The summed E-state index contributed by atoms with van der Waals surface area (Å²) in [5, 5.41) is 9.14. The highest BCUT2D eigenvalue weighted by Crippen LogP contribution is 2.25. The van der Waals surface area contributed by atoms with Crippen molar-refractivity contribution < 1.29 is 9.59 Å². The number of anilines is 2. The van der Waals surface area contributed by atoms with Gasteiger partial charge in [-0.3, -0.25) is 4.79 Å². The highest BCUT2D eigenvalue weighted by Gasteiger charge is 2.23. The maximum absolute atomic E-state index is 12.0. The summed E-state index contributed by atoms with van der Waals surface area (Å²) in [5.41, 5.74) is 2.07. The minimum Gasteiger partial charge on any atom is -0.353 e. The first-order valence-electron chi connectivity index (χ1n) is 7.91. The van der Waals surface area contributed by atoms with Crippen molar-refractivity contribution in [3.63, 3.8) is 0 Å². The molecule has 1 aliphatic rings. The number of benzene rings is 2. The molecule has 0 heterocycles. The Morgan fingerprint density at radius 3 is 2.20 bits per heavy atom. The Morgan fingerprint density at radius 1 is 0.920 bits per heavy atom. The Balaban J connectivity index is 1.52. The normalized spacial score (nSPS) is 13.2. The first-order valence-corrected chi connectivity index (χ1v) is 8.66. The Morgan fingerprint density at radius 2 is 1.56 bits per heavy atom. The fourth-order valence-electron chi connectivity index (χ4n) is 2.27. The van der Waals surface area contributed by atoms with Crippen LogP contribution in [0.2, 0.25) is 10.0 Å². The van der Waals surface area contributed by atoms with Crippen molar-refractivity contribution in [3.8, 4) is 0 Å². The van der Waals surface area contributed by atoms with Gasteiger partial charge in [-0.1, -0.05) is 35.3 Å². The van der Waals surface area contributed by atoms with Crippen molar-refractivity contribution in [1.82, 2.24) is 5.32 Å². The molecule has 0 aliphatic heterocycles. The first kappa shape index (κ1) is 17.6. The Hall–Kier alpha value is -2.24. The molecule has 2 aromatic rings. The van der Waals surface area contributed by atoms with Gasteiger partial charge in [0.15, 0.2) is 0 Å². The minimum absolute atomic E-state index is 0.0283. The van der Waals surface area contributed by atoms with E-state index in [9.17, 15) is 9.59 Å². The van der Waals surface area contributed by atoms with E-state index in [4.69, 9.17) is 23.2 Å². The van der Waals surface area contributed by atoms with Crippen molar-refractivity contribution in [2.24, 2.45) is 0 Å². The first-order chi connectivity index (χ1) is 12.0. The Kier molecular flexibility index (Phi) is 5.46. The standard InChI is InChI=1S/C18H17Cl2N3O2/c19-15-8-7-14(10-16(15)20)23-18(25)22-13-3-1-11(2-4-13)9-17(24)21-12-5-6-12/h1-4,7-8,10,12H,5-6,9H2,(H,21,24)(H2,22,23,25). The number of carbonyl (C=O) groups is 2. The molecule has 1 fully saturated rings. The Bertz CT molecular complexity index is 789. The molecule has 2 aromatic carbocycles. The summed E-state index contributed by atoms with van der Waals surface area (Å²) in [5.74, 6) is 0.0283. The number of hydrogen-bond acceptors (Lipinski definition) is 2. The van der Waals surface area contributed by atoms with Gasteiger partial charge in [0.1, 0.15) is 0 Å². The van der Waals surface area contributed by atoms with Gasteiger partial charge in [0, 0.05) is 17.4 Å². The van der Waals surface area contributed by atoms with Crippen LogP contribution in [0.1, 0.15) is 18.4 Å². The second-order valence-electron chi connectivity index (χ2n) is 5.92. The van der Waals surface area contributed by atoms with E-state index >= 15 is 0 Å². The summed E-state index contributed by atoms with van der Waals surface area (Å²) >= 11 is 11.8. The number of amides is 3. The van der Waals surface area contributed by atoms with Crippen molar-refractivity contribution in [2.45, 2.75) is 25.3 Å². The van der Waals surface area contributed by atoms with E-state index in [0.29, 0.717) is 33.9 Å². The SMILES string of the molecule is O=C(Cc1ccc(NC(=O)Nc2ccc(Cl)c(Cl)c2)cc1)NC1CC1. The molecular weight excluding hydrogens is 361 g/mol. The fourth-order valence-corrected chi connectivity index (χ4v) is 2.56. The molecule has 130 valence electrons. The largest absolute Gasteiger partial charge is 0.353 e. The third-order valence-electron chi connectivity index (χ3n) is 3.70. The van der Waals surface area contributed by atoms with E-state index in [1.807, 2.05) is 12.1 Å². The predicted molar refractivity (Wildman–Crippen MR) is 100 cm³/mol. The van der Waals surface area contributed by atoms with Crippen molar-refractivity contribution in [3.05, 3.63) is 58.1 Å². The van der Waals surface area contributed by atoms with Gasteiger partial charge in [0.05, 0.1) is 16.5 Å². The third-order valence-corrected chi connectivity index (χ3v) is 4.44. The predicted octanol–water partition coefficient (Wildman–Crippen LogP) is 4.46. The molecule has 7 heteroatoms. The zero-order chi connectivity index (χ0) is 17.8. The quantitative estimate of drug-likeness (QED) is 0.719. The lowest BCUT2D eigenvalue weighted by Crippen LogP contribution is -2.26. The van der Waals surface area contributed by atoms with E-state index < -0.39 is 6.03 Å². The van der Waals surface area contributed by atoms with Crippen LogP contribution < -0.4 is 16.0 Å². The summed E-state index contributed by atoms with van der Waals surface area (Å²) in [4.78, 5) is 23.8. The monoisotopic (exact) mass is 377 g/mol. The van der Waals surface area contributed by atoms with Gasteiger partial charge in [-0.25, -0.2) is 4.79 Å².